The zero-order valence-corrected chi connectivity index (χ0v) is 7.08. The van der Waals surface area contributed by atoms with Crippen LogP contribution in [0.5, 0.6) is 0 Å². The first-order valence-electron chi connectivity index (χ1n) is 4.23. The van der Waals surface area contributed by atoms with Crippen LogP contribution in [0.1, 0.15) is 12.6 Å². The van der Waals surface area contributed by atoms with E-state index in [0.29, 0.717) is 6.42 Å². The molecule has 72 valence electrons. The Balaban J connectivity index is 2.05. The largest absolute Gasteiger partial charge is 0.394 e. The summed E-state index contributed by atoms with van der Waals surface area (Å²) in [6.07, 6.45) is 4.32. The summed E-state index contributed by atoms with van der Waals surface area (Å²) in [7, 11) is 0. The molecule has 13 heavy (non-hydrogen) atoms. The molecule has 1 aromatic rings. The van der Waals surface area contributed by atoms with E-state index in [0.717, 1.165) is 0 Å². The molecular weight excluding hydrogens is 172 g/mol. The van der Waals surface area contributed by atoms with Crippen molar-refractivity contribution in [2.24, 2.45) is 0 Å². The van der Waals surface area contributed by atoms with Crippen molar-refractivity contribution in [3.8, 4) is 0 Å². The number of rotatable bonds is 2. The fourth-order valence-electron chi connectivity index (χ4n) is 1.50. The summed E-state index contributed by atoms with van der Waals surface area (Å²) in [4.78, 5) is 3.88. The van der Waals surface area contributed by atoms with Gasteiger partial charge >= 0.3 is 0 Å². The highest BCUT2D eigenvalue weighted by molar-refractivity contribution is 4.84. The number of hydrogen-bond acceptors (Lipinski definition) is 4. The lowest BCUT2D eigenvalue weighted by Gasteiger charge is -2.12. The molecule has 0 radical (unpaired) electrons. The van der Waals surface area contributed by atoms with Crippen molar-refractivity contribution in [2.45, 2.75) is 24.9 Å². The van der Waals surface area contributed by atoms with Gasteiger partial charge in [-0.2, -0.15) is 0 Å². The van der Waals surface area contributed by atoms with Crippen LogP contribution in [0.4, 0.5) is 0 Å². The molecule has 0 amide bonds. The first-order chi connectivity index (χ1) is 6.31. The summed E-state index contributed by atoms with van der Waals surface area (Å²) in [6, 6.07) is 0. The van der Waals surface area contributed by atoms with Gasteiger partial charge in [-0.1, -0.05) is 0 Å². The lowest BCUT2D eigenvalue weighted by atomic mass is 10.2. The first kappa shape index (κ1) is 8.68. The molecule has 1 fully saturated rings. The van der Waals surface area contributed by atoms with E-state index in [-0.39, 0.29) is 12.8 Å². The quantitative estimate of drug-likeness (QED) is 0.651. The van der Waals surface area contributed by atoms with E-state index in [1.54, 1.807) is 23.3 Å². The van der Waals surface area contributed by atoms with Gasteiger partial charge in [-0.3, -0.25) is 0 Å². The number of ether oxygens (including phenoxy) is 1. The molecule has 0 saturated carbocycles. The van der Waals surface area contributed by atoms with Crippen LogP contribution < -0.4 is 0 Å². The van der Waals surface area contributed by atoms with Crippen molar-refractivity contribution in [1.82, 2.24) is 9.55 Å². The normalized spacial score (nSPS) is 33.8. The van der Waals surface area contributed by atoms with Crippen molar-refractivity contribution in [1.29, 1.82) is 0 Å². The maximum Gasteiger partial charge on any atom is 0.137 e. The van der Waals surface area contributed by atoms with E-state index in [1.807, 2.05) is 0 Å². The number of imidazole rings is 1. The molecule has 2 N–H and O–H groups in total. The molecular formula is C8H12N2O3. The molecule has 5 heteroatoms. The smallest absolute Gasteiger partial charge is 0.137 e. The van der Waals surface area contributed by atoms with E-state index in [2.05, 4.69) is 4.98 Å². The standard InChI is InChI=1S/C8H12N2O3/c11-4-7-6(12)3-8(13-7)10-2-1-9-5-10/h1-2,5-8,11-12H,3-4H2. The molecule has 0 aliphatic carbocycles. The van der Waals surface area contributed by atoms with E-state index in [4.69, 9.17) is 9.84 Å². The van der Waals surface area contributed by atoms with Gasteiger partial charge in [-0.25, -0.2) is 4.98 Å². The first-order valence-corrected chi connectivity index (χ1v) is 4.23. The van der Waals surface area contributed by atoms with Crippen LogP contribution in [-0.2, 0) is 4.74 Å². The average Bonchev–Trinajstić information content (AvgIpc) is 2.71. The van der Waals surface area contributed by atoms with Gasteiger partial charge in [-0.15, -0.1) is 0 Å². The van der Waals surface area contributed by atoms with Gasteiger partial charge in [0.2, 0.25) is 0 Å². The Morgan fingerprint density at radius 2 is 2.46 bits per heavy atom. The van der Waals surface area contributed by atoms with Crippen molar-refractivity contribution >= 4 is 0 Å². The number of aromatic nitrogens is 2. The van der Waals surface area contributed by atoms with Gasteiger partial charge in [0.05, 0.1) is 19.0 Å². The number of nitrogens with zero attached hydrogens (tertiary/aromatic N) is 2. The number of hydrogen-bond donors (Lipinski definition) is 2. The molecule has 1 saturated heterocycles. The Hall–Kier alpha value is -0.910. The van der Waals surface area contributed by atoms with Crippen LogP contribution in [0.3, 0.4) is 0 Å². The van der Waals surface area contributed by atoms with Gasteiger partial charge in [0.25, 0.3) is 0 Å². The molecule has 0 aromatic carbocycles. The Morgan fingerprint density at radius 3 is 3.00 bits per heavy atom. The van der Waals surface area contributed by atoms with Gasteiger partial charge in [0.15, 0.2) is 0 Å². The highest BCUT2D eigenvalue weighted by atomic mass is 16.5. The lowest BCUT2D eigenvalue weighted by Crippen LogP contribution is -2.24. The van der Waals surface area contributed by atoms with Gasteiger partial charge in [0.1, 0.15) is 12.3 Å². The molecule has 0 spiro atoms. The van der Waals surface area contributed by atoms with Crippen molar-refractivity contribution in [2.75, 3.05) is 6.61 Å². The zero-order chi connectivity index (χ0) is 9.26. The van der Waals surface area contributed by atoms with Crippen LogP contribution in [-0.4, -0.2) is 38.6 Å². The highest BCUT2D eigenvalue weighted by Crippen LogP contribution is 2.27. The second-order valence-corrected chi connectivity index (χ2v) is 3.12. The molecule has 3 atom stereocenters. The van der Waals surface area contributed by atoms with Crippen LogP contribution >= 0.6 is 0 Å². The monoisotopic (exact) mass is 184 g/mol. The summed E-state index contributed by atoms with van der Waals surface area (Å²) in [6.45, 7) is -0.146. The highest BCUT2D eigenvalue weighted by Gasteiger charge is 2.33. The minimum Gasteiger partial charge on any atom is -0.394 e. The molecule has 1 aliphatic rings. The van der Waals surface area contributed by atoms with Gasteiger partial charge in [0, 0.05) is 18.8 Å². The van der Waals surface area contributed by atoms with Crippen molar-refractivity contribution in [3.63, 3.8) is 0 Å². The Bertz CT molecular complexity index is 262. The summed E-state index contributed by atoms with van der Waals surface area (Å²) >= 11 is 0. The molecule has 3 unspecified atom stereocenters. The summed E-state index contributed by atoms with van der Waals surface area (Å²) < 4.78 is 7.17. The van der Waals surface area contributed by atoms with Crippen molar-refractivity contribution < 1.29 is 14.9 Å². The fourth-order valence-corrected chi connectivity index (χ4v) is 1.50. The average molecular weight is 184 g/mol. The predicted octanol–water partition coefficient (Wildman–Crippen LogP) is -0.476. The summed E-state index contributed by atoms with van der Waals surface area (Å²) in [5, 5.41) is 18.3. The third-order valence-corrected chi connectivity index (χ3v) is 2.24. The minimum atomic E-state index is -0.586. The third kappa shape index (κ3) is 1.58. The second kappa shape index (κ2) is 3.45. The van der Waals surface area contributed by atoms with Gasteiger partial charge < -0.3 is 19.5 Å². The van der Waals surface area contributed by atoms with Crippen LogP contribution in [0, 0.1) is 0 Å². The molecule has 1 aromatic heterocycles. The van der Waals surface area contributed by atoms with Gasteiger partial charge in [-0.05, 0) is 0 Å². The van der Waals surface area contributed by atoms with Crippen LogP contribution in [0.2, 0.25) is 0 Å². The maximum atomic E-state index is 9.44. The topological polar surface area (TPSA) is 67.5 Å². The van der Waals surface area contributed by atoms with E-state index in [9.17, 15) is 5.11 Å². The number of aliphatic hydroxyl groups excluding tert-OH is 2. The molecule has 5 nitrogen and oxygen atoms in total. The fraction of sp³-hybridized carbons (Fsp3) is 0.625. The Labute approximate surface area is 75.6 Å². The lowest BCUT2D eigenvalue weighted by molar-refractivity contribution is -0.0443. The summed E-state index contributed by atoms with van der Waals surface area (Å²) in [5.41, 5.74) is 0. The molecule has 0 bridgehead atoms. The third-order valence-electron chi connectivity index (χ3n) is 2.24. The predicted molar refractivity (Wildman–Crippen MR) is 43.8 cm³/mol. The number of aliphatic hydroxyl groups is 2. The second-order valence-electron chi connectivity index (χ2n) is 3.12. The van der Waals surface area contributed by atoms with E-state index in [1.165, 1.54) is 0 Å². The van der Waals surface area contributed by atoms with Crippen LogP contribution in [0.25, 0.3) is 0 Å². The maximum absolute atomic E-state index is 9.44. The Kier molecular flexibility index (Phi) is 2.30. The minimum absolute atomic E-state index is 0.146. The van der Waals surface area contributed by atoms with Crippen LogP contribution in [0.15, 0.2) is 18.7 Å². The van der Waals surface area contributed by atoms with E-state index >= 15 is 0 Å². The molecule has 2 rings (SSSR count). The summed E-state index contributed by atoms with van der Waals surface area (Å²) in [5.74, 6) is 0. The zero-order valence-electron chi connectivity index (χ0n) is 7.08. The Morgan fingerprint density at radius 1 is 1.62 bits per heavy atom. The van der Waals surface area contributed by atoms with Crippen molar-refractivity contribution in [3.05, 3.63) is 18.7 Å². The SMILES string of the molecule is OCC1OC(n2ccnc2)CC1O. The molecule has 2 heterocycles. The molecule has 1 aliphatic heterocycles. The van der Waals surface area contributed by atoms with E-state index < -0.39 is 12.2 Å².